The van der Waals surface area contributed by atoms with Crippen LogP contribution < -0.4 is 0 Å². The number of hydrogen-bond acceptors (Lipinski definition) is 5. The lowest BCUT2D eigenvalue weighted by Crippen LogP contribution is -2.26. The minimum atomic E-state index is 0. The predicted octanol–water partition coefficient (Wildman–Crippen LogP) is 5.25. The lowest BCUT2D eigenvalue weighted by atomic mass is 10.0. The minimum Gasteiger partial charge on any atom is -0.494 e. The van der Waals surface area contributed by atoms with Crippen LogP contribution in [0.25, 0.3) is 10.9 Å². The van der Waals surface area contributed by atoms with Gasteiger partial charge in [0.15, 0.2) is 5.88 Å². The number of aromatic hydroxyl groups is 1. The number of hydrogen-bond donors (Lipinski definition) is 2. The summed E-state index contributed by atoms with van der Waals surface area (Å²) in [6.45, 7) is 7.52. The molecule has 0 saturated carbocycles. The molecular weight excluding hydrogens is 468 g/mol. The van der Waals surface area contributed by atoms with Crippen molar-refractivity contribution in [1.82, 2.24) is 9.88 Å². The molecule has 8 heteroatoms. The molecule has 0 unspecified atom stereocenters. The number of aromatic amines is 1. The average molecular weight is 492 g/mol. The highest BCUT2D eigenvalue weighted by molar-refractivity contribution is 9.10. The number of rotatable bonds is 7. The summed E-state index contributed by atoms with van der Waals surface area (Å²) < 4.78 is 0.933. The molecule has 0 radical (unpaired) electrons. The van der Waals surface area contributed by atoms with Gasteiger partial charge in [-0.15, -0.1) is 12.4 Å². The van der Waals surface area contributed by atoms with E-state index in [2.05, 4.69) is 44.8 Å². The molecule has 4 rings (SSSR count). The fourth-order valence-electron chi connectivity index (χ4n) is 3.55. The first-order valence-electron chi connectivity index (χ1n) is 9.73. The first-order valence-corrected chi connectivity index (χ1v) is 10.5. The van der Waals surface area contributed by atoms with E-state index in [9.17, 15) is 5.11 Å². The normalized spacial score (nSPS) is 14.1. The molecule has 0 atom stereocenters. The third kappa shape index (κ3) is 4.24. The number of para-hydroxylation sites is 1. The van der Waals surface area contributed by atoms with Gasteiger partial charge in [-0.2, -0.15) is 0 Å². The zero-order valence-corrected chi connectivity index (χ0v) is 19.3. The van der Waals surface area contributed by atoms with Crippen molar-refractivity contribution >= 4 is 56.4 Å². The van der Waals surface area contributed by atoms with E-state index in [1.54, 1.807) is 0 Å². The van der Waals surface area contributed by atoms with Crippen molar-refractivity contribution in [1.29, 1.82) is 0 Å². The van der Waals surface area contributed by atoms with Crippen molar-refractivity contribution in [3.63, 3.8) is 0 Å². The summed E-state index contributed by atoms with van der Waals surface area (Å²) in [6, 6.07) is 13.6. The molecule has 6 nitrogen and oxygen atoms in total. The first kappa shape index (κ1) is 22.3. The minimum absolute atomic E-state index is 0. The molecule has 1 aliphatic rings. The smallest absolute Gasteiger partial charge is 0.199 e. The number of nitrogens with one attached hydrogen (secondary N) is 1. The maximum atomic E-state index is 10.6. The zero-order valence-electron chi connectivity index (χ0n) is 16.9. The van der Waals surface area contributed by atoms with Crippen LogP contribution >= 0.6 is 28.3 Å². The van der Waals surface area contributed by atoms with Gasteiger partial charge in [0.25, 0.3) is 0 Å². The summed E-state index contributed by atoms with van der Waals surface area (Å²) in [5, 5.41) is 16.0. The molecule has 3 aromatic rings. The van der Waals surface area contributed by atoms with Crippen molar-refractivity contribution < 1.29 is 9.94 Å². The molecule has 2 aromatic carbocycles. The first-order chi connectivity index (χ1) is 14.1. The van der Waals surface area contributed by atoms with Gasteiger partial charge in [0.05, 0.1) is 16.8 Å². The molecule has 158 valence electrons. The Balaban J connectivity index is 0.00000256. The summed E-state index contributed by atoms with van der Waals surface area (Å²) in [5.74, 6) is 0.0699. The second kappa shape index (κ2) is 9.64. The van der Waals surface area contributed by atoms with Crippen LogP contribution in [-0.4, -0.2) is 52.7 Å². The summed E-state index contributed by atoms with van der Waals surface area (Å²) in [5.41, 5.74) is 4.43. The highest BCUT2D eigenvalue weighted by Crippen LogP contribution is 2.36. The quantitative estimate of drug-likeness (QED) is 0.350. The Bertz CT molecular complexity index is 1110. The van der Waals surface area contributed by atoms with Gasteiger partial charge in [0.2, 0.25) is 0 Å². The monoisotopic (exact) mass is 490 g/mol. The Morgan fingerprint density at radius 1 is 1.17 bits per heavy atom. The van der Waals surface area contributed by atoms with Crippen LogP contribution in [0.2, 0.25) is 0 Å². The number of likely N-dealkylation sites (N-methyl/N-ethyl adjacent to an activating group) is 1. The van der Waals surface area contributed by atoms with Crippen molar-refractivity contribution in [2.45, 2.75) is 13.8 Å². The number of aromatic nitrogens is 1. The molecule has 1 aromatic heterocycles. The van der Waals surface area contributed by atoms with E-state index in [-0.39, 0.29) is 18.3 Å². The highest BCUT2D eigenvalue weighted by Gasteiger charge is 2.29. The summed E-state index contributed by atoms with van der Waals surface area (Å²) in [4.78, 5) is 15.7. The zero-order chi connectivity index (χ0) is 20.4. The number of fused-ring (bicyclic) bond motifs is 2. The second-order valence-electron chi connectivity index (χ2n) is 6.82. The van der Waals surface area contributed by atoms with Crippen LogP contribution in [0.15, 0.2) is 57.1 Å². The van der Waals surface area contributed by atoms with Crippen LogP contribution in [-0.2, 0) is 4.84 Å². The van der Waals surface area contributed by atoms with E-state index in [4.69, 9.17) is 9.83 Å². The Morgan fingerprint density at radius 3 is 2.70 bits per heavy atom. The maximum absolute atomic E-state index is 10.6. The largest absolute Gasteiger partial charge is 0.494 e. The SMILES string of the molecule is CCN(CC)CCO/N=C1\C(c2c(O)[nH]c3cc(Br)ccc23)=Nc2ccccc21.Cl. The molecule has 2 N–H and O–H groups in total. The van der Waals surface area contributed by atoms with Crippen LogP contribution in [0.5, 0.6) is 5.88 Å². The van der Waals surface area contributed by atoms with Gasteiger partial charge in [-0.05, 0) is 31.3 Å². The lowest BCUT2D eigenvalue weighted by molar-refractivity contribution is 0.115. The van der Waals surface area contributed by atoms with Gasteiger partial charge in [-0.1, -0.05) is 59.2 Å². The van der Waals surface area contributed by atoms with Gasteiger partial charge >= 0.3 is 0 Å². The summed E-state index contributed by atoms with van der Waals surface area (Å²) in [6.07, 6.45) is 0. The second-order valence-corrected chi connectivity index (χ2v) is 7.73. The summed E-state index contributed by atoms with van der Waals surface area (Å²) >= 11 is 3.47. The van der Waals surface area contributed by atoms with E-state index in [1.165, 1.54) is 0 Å². The number of oxime groups is 1. The predicted molar refractivity (Wildman–Crippen MR) is 128 cm³/mol. The molecule has 1 aliphatic heterocycles. The topological polar surface area (TPSA) is 73.2 Å². The molecule has 30 heavy (non-hydrogen) atoms. The molecule has 0 amide bonds. The van der Waals surface area contributed by atoms with Crippen molar-refractivity contribution in [2.24, 2.45) is 10.1 Å². The molecule has 0 saturated heterocycles. The van der Waals surface area contributed by atoms with E-state index in [0.29, 0.717) is 23.6 Å². The van der Waals surface area contributed by atoms with Crippen molar-refractivity contribution in [2.75, 3.05) is 26.2 Å². The van der Waals surface area contributed by atoms with Gasteiger partial charge in [0, 0.05) is 22.0 Å². The van der Waals surface area contributed by atoms with Crippen LogP contribution in [0.4, 0.5) is 5.69 Å². The van der Waals surface area contributed by atoms with Crippen LogP contribution in [0, 0.1) is 0 Å². The average Bonchev–Trinajstić information content (AvgIpc) is 3.24. The Labute approximate surface area is 190 Å². The van der Waals surface area contributed by atoms with Crippen LogP contribution in [0.3, 0.4) is 0 Å². The third-order valence-corrected chi connectivity index (χ3v) is 5.64. The molecule has 0 spiro atoms. The number of aliphatic imine (C=N–C) groups is 1. The Morgan fingerprint density at radius 2 is 1.93 bits per heavy atom. The lowest BCUT2D eigenvalue weighted by Gasteiger charge is -2.16. The van der Waals surface area contributed by atoms with Gasteiger partial charge < -0.3 is 19.8 Å². The molecule has 0 bridgehead atoms. The molecule has 0 fully saturated rings. The number of benzene rings is 2. The molecule has 0 aliphatic carbocycles. The third-order valence-electron chi connectivity index (χ3n) is 5.14. The Hall–Kier alpha value is -2.35. The fourth-order valence-corrected chi connectivity index (χ4v) is 3.92. The molecule has 2 heterocycles. The van der Waals surface area contributed by atoms with E-state index in [0.717, 1.165) is 46.3 Å². The number of halogens is 2. The standard InChI is InChI=1S/C22H23BrN4O2.ClH/c1-3-27(4-2)11-12-29-26-20-16-7-5-6-8-17(16)24-21(20)19-15-10-9-14(23)13-18(15)25-22(19)28;/h5-10,13,25,28H,3-4,11-12H2,1-2H3;1H/b26-20-;. The van der Waals surface area contributed by atoms with E-state index in [1.807, 2.05) is 42.5 Å². The van der Waals surface area contributed by atoms with E-state index >= 15 is 0 Å². The number of H-pyrrole nitrogens is 1. The number of nitrogens with zero attached hydrogens (tertiary/aromatic N) is 3. The fraction of sp³-hybridized carbons (Fsp3) is 0.273. The highest BCUT2D eigenvalue weighted by atomic mass is 79.9. The van der Waals surface area contributed by atoms with Crippen molar-refractivity contribution in [3.8, 4) is 5.88 Å². The van der Waals surface area contributed by atoms with E-state index < -0.39 is 0 Å². The Kier molecular flexibility index (Phi) is 7.18. The van der Waals surface area contributed by atoms with Crippen molar-refractivity contribution in [3.05, 3.63) is 58.1 Å². The van der Waals surface area contributed by atoms with Gasteiger partial charge in [-0.3, -0.25) is 0 Å². The maximum Gasteiger partial charge on any atom is 0.199 e. The summed E-state index contributed by atoms with van der Waals surface area (Å²) in [7, 11) is 0. The van der Waals surface area contributed by atoms with Gasteiger partial charge in [-0.25, -0.2) is 4.99 Å². The van der Waals surface area contributed by atoms with Gasteiger partial charge in [0.1, 0.15) is 18.0 Å². The van der Waals surface area contributed by atoms with Crippen LogP contribution in [0.1, 0.15) is 25.0 Å². The molecular formula is C22H24BrClN4O2.